The van der Waals surface area contributed by atoms with E-state index in [1.54, 1.807) is 42.5 Å². The molecule has 0 atom stereocenters. The molecule has 10 heteroatoms. The molecule has 0 radical (unpaired) electrons. The molecule has 0 saturated heterocycles. The van der Waals surface area contributed by atoms with Crippen molar-refractivity contribution in [1.29, 1.82) is 0 Å². The fourth-order valence-electron chi connectivity index (χ4n) is 3.46. The van der Waals surface area contributed by atoms with Gasteiger partial charge in [0.25, 0.3) is 10.0 Å². The monoisotopic (exact) mass is 426 g/mol. The van der Waals surface area contributed by atoms with Gasteiger partial charge in [-0.1, -0.05) is 43.2 Å². The molecule has 1 heterocycles. The van der Waals surface area contributed by atoms with Gasteiger partial charge in [-0.3, -0.25) is 9.52 Å². The second kappa shape index (κ2) is 8.62. The predicted molar refractivity (Wildman–Crippen MR) is 111 cm³/mol. The molecule has 0 bridgehead atoms. The van der Waals surface area contributed by atoms with Gasteiger partial charge in [-0.15, -0.1) is 10.2 Å². The van der Waals surface area contributed by atoms with Crippen LogP contribution in [0, 0.1) is 0 Å². The quantitative estimate of drug-likeness (QED) is 0.598. The summed E-state index contributed by atoms with van der Waals surface area (Å²) in [6, 6.07) is 15.1. The average molecular weight is 427 g/mol. The summed E-state index contributed by atoms with van der Waals surface area (Å²) in [7, 11) is -3.77. The molecule has 1 amide bonds. The summed E-state index contributed by atoms with van der Waals surface area (Å²) < 4.78 is 27.9. The number of anilines is 1. The number of tetrazole rings is 1. The normalized spacial score (nSPS) is 14.5. The molecule has 0 unspecified atom stereocenters. The third kappa shape index (κ3) is 4.65. The molecule has 1 aliphatic rings. The molecule has 0 spiro atoms. The second-order valence-electron chi connectivity index (χ2n) is 7.16. The maximum atomic E-state index is 12.7. The highest BCUT2D eigenvalue weighted by Gasteiger charge is 2.20. The molecule has 3 aromatic rings. The van der Waals surface area contributed by atoms with Crippen molar-refractivity contribution in [2.24, 2.45) is 0 Å². The van der Waals surface area contributed by atoms with Crippen LogP contribution in [0.1, 0.15) is 25.7 Å². The molecular weight excluding hydrogens is 404 g/mol. The Morgan fingerprint density at radius 3 is 2.50 bits per heavy atom. The van der Waals surface area contributed by atoms with Crippen molar-refractivity contribution >= 4 is 21.6 Å². The Labute approximate surface area is 174 Å². The number of benzene rings is 2. The molecule has 1 fully saturated rings. The van der Waals surface area contributed by atoms with E-state index in [2.05, 4.69) is 25.4 Å². The second-order valence-corrected chi connectivity index (χ2v) is 8.84. The van der Waals surface area contributed by atoms with Crippen LogP contribution < -0.4 is 10.0 Å². The predicted octanol–water partition coefficient (Wildman–Crippen LogP) is 2.20. The number of carbonyl (C=O) groups excluding carboxylic acids is 1. The van der Waals surface area contributed by atoms with E-state index in [1.165, 1.54) is 16.9 Å². The third-order valence-electron chi connectivity index (χ3n) is 4.92. The van der Waals surface area contributed by atoms with Crippen LogP contribution in [0.2, 0.25) is 0 Å². The fourth-order valence-corrected chi connectivity index (χ4v) is 4.56. The van der Waals surface area contributed by atoms with Crippen LogP contribution in [0.15, 0.2) is 59.5 Å². The molecule has 2 aromatic carbocycles. The number of hydrogen-bond acceptors (Lipinski definition) is 6. The largest absolute Gasteiger partial charge is 0.352 e. The molecule has 4 rings (SSSR count). The van der Waals surface area contributed by atoms with E-state index in [0.717, 1.165) is 25.7 Å². The van der Waals surface area contributed by atoms with E-state index >= 15 is 0 Å². The van der Waals surface area contributed by atoms with E-state index in [1.807, 2.05) is 0 Å². The van der Waals surface area contributed by atoms with Crippen molar-refractivity contribution in [3.8, 4) is 11.4 Å². The first-order valence-corrected chi connectivity index (χ1v) is 11.2. The molecule has 156 valence electrons. The lowest BCUT2D eigenvalue weighted by molar-refractivity contribution is -0.122. The Bertz CT molecular complexity index is 1120. The first-order chi connectivity index (χ1) is 14.5. The summed E-state index contributed by atoms with van der Waals surface area (Å²) in [5.41, 5.74) is 0.802. The van der Waals surface area contributed by atoms with Gasteiger partial charge in [-0.2, -0.15) is 4.80 Å². The van der Waals surface area contributed by atoms with Gasteiger partial charge < -0.3 is 5.32 Å². The number of aromatic nitrogens is 4. The number of hydrogen-bond donors (Lipinski definition) is 2. The zero-order valence-electron chi connectivity index (χ0n) is 16.2. The summed E-state index contributed by atoms with van der Waals surface area (Å²) in [5.74, 6) is 0.0685. The van der Waals surface area contributed by atoms with Gasteiger partial charge in [-0.05, 0) is 42.3 Å². The topological polar surface area (TPSA) is 119 Å². The number of amides is 1. The third-order valence-corrected chi connectivity index (χ3v) is 6.31. The highest BCUT2D eigenvalue weighted by atomic mass is 32.2. The van der Waals surface area contributed by atoms with E-state index in [-0.39, 0.29) is 29.2 Å². The van der Waals surface area contributed by atoms with Crippen molar-refractivity contribution < 1.29 is 13.2 Å². The highest BCUT2D eigenvalue weighted by Crippen LogP contribution is 2.26. The van der Waals surface area contributed by atoms with Crippen LogP contribution in [0.4, 0.5) is 5.69 Å². The average Bonchev–Trinajstić information content (AvgIpc) is 3.41. The van der Waals surface area contributed by atoms with Gasteiger partial charge in [0.15, 0.2) is 0 Å². The van der Waals surface area contributed by atoms with Crippen molar-refractivity contribution in [3.63, 3.8) is 0 Å². The Balaban J connectivity index is 1.51. The number of carbonyl (C=O) groups is 1. The minimum atomic E-state index is -3.77. The molecular formula is C20H22N6O3S. The Morgan fingerprint density at radius 1 is 1.03 bits per heavy atom. The van der Waals surface area contributed by atoms with Crippen LogP contribution >= 0.6 is 0 Å². The summed E-state index contributed by atoms with van der Waals surface area (Å²) >= 11 is 0. The van der Waals surface area contributed by atoms with Crippen LogP contribution in [0.5, 0.6) is 0 Å². The van der Waals surface area contributed by atoms with Crippen LogP contribution in [-0.4, -0.2) is 40.6 Å². The van der Waals surface area contributed by atoms with Crippen LogP contribution in [0.25, 0.3) is 11.4 Å². The minimum Gasteiger partial charge on any atom is -0.352 e. The fraction of sp³-hybridized carbons (Fsp3) is 0.300. The van der Waals surface area contributed by atoms with Crippen molar-refractivity contribution in [3.05, 3.63) is 54.6 Å². The highest BCUT2D eigenvalue weighted by molar-refractivity contribution is 7.92. The SMILES string of the molecule is O=C(Cn1nnc(-c2ccccc2NS(=O)(=O)c2ccccc2)n1)NC1CCCC1. The zero-order chi connectivity index (χ0) is 21.0. The number of rotatable bonds is 7. The maximum Gasteiger partial charge on any atom is 0.261 e. The lowest BCUT2D eigenvalue weighted by Gasteiger charge is -2.11. The lowest BCUT2D eigenvalue weighted by Crippen LogP contribution is -2.35. The van der Waals surface area contributed by atoms with Gasteiger partial charge in [0.2, 0.25) is 11.7 Å². The zero-order valence-corrected chi connectivity index (χ0v) is 17.0. The molecule has 2 N–H and O–H groups in total. The van der Waals surface area contributed by atoms with E-state index in [9.17, 15) is 13.2 Å². The number of nitrogens with zero attached hydrogens (tertiary/aromatic N) is 4. The number of sulfonamides is 1. The van der Waals surface area contributed by atoms with Gasteiger partial charge in [-0.25, -0.2) is 8.42 Å². The van der Waals surface area contributed by atoms with E-state index < -0.39 is 10.0 Å². The van der Waals surface area contributed by atoms with Gasteiger partial charge in [0.1, 0.15) is 6.54 Å². The molecule has 1 aromatic heterocycles. The first kappa shape index (κ1) is 20.0. The van der Waals surface area contributed by atoms with E-state index in [4.69, 9.17) is 0 Å². The Hall–Kier alpha value is -3.27. The molecule has 1 saturated carbocycles. The maximum absolute atomic E-state index is 12.7. The number of para-hydroxylation sites is 1. The Morgan fingerprint density at radius 2 is 1.73 bits per heavy atom. The van der Waals surface area contributed by atoms with Crippen molar-refractivity contribution in [2.45, 2.75) is 43.2 Å². The molecule has 1 aliphatic carbocycles. The molecule has 30 heavy (non-hydrogen) atoms. The minimum absolute atomic E-state index is 0.0403. The molecule has 0 aliphatic heterocycles. The van der Waals surface area contributed by atoms with Crippen LogP contribution in [-0.2, 0) is 21.4 Å². The first-order valence-electron chi connectivity index (χ1n) is 9.76. The van der Waals surface area contributed by atoms with E-state index in [0.29, 0.717) is 11.3 Å². The summed E-state index contributed by atoms with van der Waals surface area (Å²) in [6.07, 6.45) is 4.26. The van der Waals surface area contributed by atoms with Crippen LogP contribution in [0.3, 0.4) is 0 Å². The Kier molecular flexibility index (Phi) is 5.75. The summed E-state index contributed by atoms with van der Waals surface area (Å²) in [6.45, 7) is -0.0403. The summed E-state index contributed by atoms with van der Waals surface area (Å²) in [5, 5.41) is 15.2. The molecule has 9 nitrogen and oxygen atoms in total. The lowest BCUT2D eigenvalue weighted by atomic mass is 10.2. The smallest absolute Gasteiger partial charge is 0.261 e. The van der Waals surface area contributed by atoms with Gasteiger partial charge in [0, 0.05) is 11.6 Å². The van der Waals surface area contributed by atoms with Crippen molar-refractivity contribution in [1.82, 2.24) is 25.5 Å². The van der Waals surface area contributed by atoms with Gasteiger partial charge in [0.05, 0.1) is 10.6 Å². The standard InChI is InChI=1S/C20H22N6O3S/c27-19(21-15-8-4-5-9-15)14-26-23-20(22-25-26)17-12-6-7-13-18(17)24-30(28,29)16-10-2-1-3-11-16/h1-3,6-7,10-13,15,24H,4-5,8-9,14H2,(H,21,27). The van der Waals surface area contributed by atoms with Gasteiger partial charge >= 0.3 is 0 Å². The van der Waals surface area contributed by atoms with Crippen molar-refractivity contribution in [2.75, 3.05) is 4.72 Å². The number of nitrogens with one attached hydrogen (secondary N) is 2. The summed E-state index contributed by atoms with van der Waals surface area (Å²) in [4.78, 5) is 13.6.